The molecule has 1 fully saturated rings. The second-order valence-corrected chi connectivity index (χ2v) is 9.90. The molecule has 4 N–H and O–H groups in total. The number of aromatic nitrogens is 3. The zero-order valence-electron chi connectivity index (χ0n) is 20.0. The number of nitriles is 1. The molecule has 2 aliphatic rings. The van der Waals surface area contributed by atoms with Crippen molar-refractivity contribution in [3.8, 4) is 6.07 Å². The number of anilines is 3. The van der Waals surface area contributed by atoms with Gasteiger partial charge in [-0.25, -0.2) is 9.97 Å². The van der Waals surface area contributed by atoms with Crippen molar-refractivity contribution < 1.29 is 8.78 Å². The highest BCUT2D eigenvalue weighted by molar-refractivity contribution is 6.36. The molecule has 1 aliphatic carbocycles. The van der Waals surface area contributed by atoms with Crippen LogP contribution in [-0.2, 0) is 0 Å². The number of pyridine rings is 3. The molecule has 4 aromatic rings. The van der Waals surface area contributed by atoms with Crippen LogP contribution in [0.15, 0.2) is 60.8 Å². The minimum atomic E-state index is -0.803. The molecule has 1 aliphatic heterocycles. The molecular weight excluding hydrogens is 547 g/mol. The van der Waals surface area contributed by atoms with Gasteiger partial charge in [0.15, 0.2) is 0 Å². The summed E-state index contributed by atoms with van der Waals surface area (Å²) < 4.78 is 27.3. The average molecular weight is 566 g/mol. The summed E-state index contributed by atoms with van der Waals surface area (Å²) in [6.07, 6.45) is 8.29. The third-order valence-corrected chi connectivity index (χ3v) is 6.92. The Morgan fingerprint density at radius 3 is 2.56 bits per heavy atom. The average Bonchev–Trinajstić information content (AvgIpc) is 3.67. The smallest absolute Gasteiger partial charge is 0.231 e. The Kier molecular flexibility index (Phi) is 6.52. The number of hydrogen-bond acceptors (Lipinski definition) is 9. The van der Waals surface area contributed by atoms with Gasteiger partial charge in [-0.2, -0.15) is 14.0 Å². The van der Waals surface area contributed by atoms with Gasteiger partial charge in [-0.3, -0.25) is 9.99 Å². The van der Waals surface area contributed by atoms with Gasteiger partial charge in [0.25, 0.3) is 0 Å². The minimum absolute atomic E-state index is 0.167. The molecule has 0 saturated heterocycles. The molecule has 4 heterocycles. The van der Waals surface area contributed by atoms with Crippen LogP contribution in [0.5, 0.6) is 0 Å². The van der Waals surface area contributed by atoms with E-state index in [4.69, 9.17) is 23.2 Å². The Morgan fingerprint density at radius 2 is 1.85 bits per heavy atom. The molecule has 0 radical (unpaired) electrons. The maximum Gasteiger partial charge on any atom is 0.231 e. The standard InChI is InChI=1S/C26H19Cl2F2N9/c27-19-6-15(35-24(13-1-4-22(29)32-9-13)21-12-39(38-37-21)17-2-3-17)5-18-23(14(8-31)10-33-25(18)19)36-16-7-20(28)26(30)34-11-16/h1,4-7,9-12,17,24,35,37-38H,2-3H2,(H,33,36). The van der Waals surface area contributed by atoms with Gasteiger partial charge in [0.2, 0.25) is 11.9 Å². The lowest BCUT2D eigenvalue weighted by molar-refractivity contribution is 0.260. The number of rotatable bonds is 7. The largest absolute Gasteiger partial charge is 0.373 e. The minimum Gasteiger partial charge on any atom is -0.373 e. The van der Waals surface area contributed by atoms with E-state index in [1.807, 2.05) is 11.2 Å². The van der Waals surface area contributed by atoms with Crippen molar-refractivity contribution in [1.29, 1.82) is 5.26 Å². The Hall–Kier alpha value is -4.24. The molecule has 0 bridgehead atoms. The molecule has 1 saturated carbocycles. The number of hydrogen-bond donors (Lipinski definition) is 4. The molecule has 0 amide bonds. The molecule has 13 heteroatoms. The van der Waals surface area contributed by atoms with Gasteiger partial charge < -0.3 is 16.1 Å². The Labute approximate surface area is 231 Å². The van der Waals surface area contributed by atoms with Crippen molar-refractivity contribution in [2.45, 2.75) is 24.9 Å². The highest BCUT2D eigenvalue weighted by atomic mass is 35.5. The number of benzene rings is 1. The van der Waals surface area contributed by atoms with E-state index in [1.165, 1.54) is 30.7 Å². The number of fused-ring (bicyclic) bond motifs is 1. The van der Waals surface area contributed by atoms with Crippen LogP contribution in [0, 0.1) is 23.2 Å². The fourth-order valence-corrected chi connectivity index (χ4v) is 4.74. The maximum absolute atomic E-state index is 13.6. The van der Waals surface area contributed by atoms with Gasteiger partial charge in [-0.1, -0.05) is 29.3 Å². The van der Waals surface area contributed by atoms with Gasteiger partial charge in [-0.15, -0.1) is 5.53 Å². The normalized spacial score (nSPS) is 15.5. The van der Waals surface area contributed by atoms with Crippen molar-refractivity contribution in [2.75, 3.05) is 10.6 Å². The first-order valence-electron chi connectivity index (χ1n) is 11.9. The fraction of sp³-hybridized carbons (Fsp3) is 0.154. The predicted molar refractivity (Wildman–Crippen MR) is 144 cm³/mol. The van der Waals surface area contributed by atoms with Crippen LogP contribution < -0.4 is 21.6 Å². The lowest BCUT2D eigenvalue weighted by atomic mass is 10.0. The van der Waals surface area contributed by atoms with Gasteiger partial charge in [0, 0.05) is 35.7 Å². The first-order chi connectivity index (χ1) is 18.9. The van der Waals surface area contributed by atoms with Crippen LogP contribution in [0.2, 0.25) is 10.0 Å². The van der Waals surface area contributed by atoms with Crippen LogP contribution in [0.1, 0.15) is 30.0 Å². The molecular formula is C26H19Cl2F2N9. The van der Waals surface area contributed by atoms with Crippen LogP contribution in [0.25, 0.3) is 10.9 Å². The predicted octanol–water partition coefficient (Wildman–Crippen LogP) is 5.71. The van der Waals surface area contributed by atoms with E-state index in [0.29, 0.717) is 44.6 Å². The molecule has 1 unspecified atom stereocenters. The van der Waals surface area contributed by atoms with Crippen LogP contribution >= 0.6 is 23.2 Å². The molecule has 0 spiro atoms. The van der Waals surface area contributed by atoms with Gasteiger partial charge in [0.1, 0.15) is 6.07 Å². The molecule has 1 aromatic carbocycles. The Bertz CT molecular complexity index is 1650. The van der Waals surface area contributed by atoms with E-state index in [2.05, 4.69) is 42.6 Å². The van der Waals surface area contributed by atoms with Crippen molar-refractivity contribution in [3.05, 3.63) is 93.9 Å². The zero-order valence-corrected chi connectivity index (χ0v) is 21.5. The van der Waals surface area contributed by atoms with Crippen molar-refractivity contribution in [3.63, 3.8) is 0 Å². The summed E-state index contributed by atoms with van der Waals surface area (Å²) >= 11 is 12.6. The summed E-state index contributed by atoms with van der Waals surface area (Å²) in [7, 11) is 0. The molecule has 196 valence electrons. The number of hydrazine groups is 2. The van der Waals surface area contributed by atoms with Crippen molar-refractivity contribution >= 4 is 51.2 Å². The molecule has 6 rings (SSSR count). The monoisotopic (exact) mass is 565 g/mol. The van der Waals surface area contributed by atoms with E-state index in [0.717, 1.165) is 18.5 Å². The van der Waals surface area contributed by atoms with Gasteiger partial charge >= 0.3 is 0 Å². The second-order valence-electron chi connectivity index (χ2n) is 9.09. The molecule has 39 heavy (non-hydrogen) atoms. The quantitative estimate of drug-likeness (QED) is 0.209. The zero-order chi connectivity index (χ0) is 27.1. The summed E-state index contributed by atoms with van der Waals surface area (Å²) in [4.78, 5) is 11.8. The van der Waals surface area contributed by atoms with Gasteiger partial charge in [-0.05, 0) is 42.7 Å². The first-order valence-corrected chi connectivity index (χ1v) is 12.7. The molecule has 1 atom stereocenters. The summed E-state index contributed by atoms with van der Waals surface area (Å²) in [5.41, 5.74) is 9.90. The summed E-state index contributed by atoms with van der Waals surface area (Å²) in [5.74, 6) is -1.39. The van der Waals surface area contributed by atoms with Crippen molar-refractivity contribution in [2.24, 2.45) is 0 Å². The van der Waals surface area contributed by atoms with Crippen LogP contribution in [-0.4, -0.2) is 26.0 Å². The van der Waals surface area contributed by atoms with Crippen LogP contribution in [0.4, 0.5) is 25.8 Å². The van der Waals surface area contributed by atoms with E-state index < -0.39 is 17.9 Å². The SMILES string of the molecule is N#Cc1cnc2c(Cl)cc(NC(C3=CN(C4CC4)NN3)c3ccc(F)nc3)cc2c1Nc1cnc(F)c(Cl)c1. The third kappa shape index (κ3) is 5.09. The maximum atomic E-state index is 13.6. The van der Waals surface area contributed by atoms with E-state index in [9.17, 15) is 14.0 Å². The van der Waals surface area contributed by atoms with E-state index >= 15 is 0 Å². The number of nitrogens with one attached hydrogen (secondary N) is 4. The van der Waals surface area contributed by atoms with E-state index in [1.54, 1.807) is 18.2 Å². The Balaban J connectivity index is 1.42. The van der Waals surface area contributed by atoms with E-state index in [-0.39, 0.29) is 10.6 Å². The van der Waals surface area contributed by atoms with Crippen LogP contribution in [0.3, 0.4) is 0 Å². The first kappa shape index (κ1) is 25.1. The Morgan fingerprint density at radius 1 is 1.03 bits per heavy atom. The molecule has 9 nitrogen and oxygen atoms in total. The summed E-state index contributed by atoms with van der Waals surface area (Å²) in [5, 5.41) is 19.0. The van der Waals surface area contributed by atoms with Crippen molar-refractivity contribution in [1.82, 2.24) is 30.9 Å². The summed E-state index contributed by atoms with van der Waals surface area (Å²) in [6.45, 7) is 0. The highest BCUT2D eigenvalue weighted by Crippen LogP contribution is 2.37. The lowest BCUT2D eigenvalue weighted by Gasteiger charge is -2.22. The number of nitrogens with zero attached hydrogens (tertiary/aromatic N) is 5. The molecule has 3 aromatic heterocycles. The highest BCUT2D eigenvalue weighted by Gasteiger charge is 2.32. The number of halogens is 4. The second kappa shape index (κ2) is 10.1. The summed E-state index contributed by atoms with van der Waals surface area (Å²) in [6, 6.07) is 9.91. The topological polar surface area (TPSA) is 114 Å². The van der Waals surface area contributed by atoms with Gasteiger partial charge in [0.05, 0.1) is 50.4 Å². The lowest BCUT2D eigenvalue weighted by Crippen LogP contribution is -2.38. The fourth-order valence-electron chi connectivity index (χ4n) is 4.30. The third-order valence-electron chi connectivity index (χ3n) is 6.36.